The summed E-state index contributed by atoms with van der Waals surface area (Å²) in [6.45, 7) is 2.59. The van der Waals surface area contributed by atoms with Crippen molar-refractivity contribution in [1.29, 1.82) is 0 Å². The molecule has 5 nitrogen and oxygen atoms in total. The highest BCUT2D eigenvalue weighted by atomic mass is 16.5. The van der Waals surface area contributed by atoms with E-state index in [2.05, 4.69) is 21.7 Å². The van der Waals surface area contributed by atoms with Gasteiger partial charge in [0.2, 0.25) is 0 Å². The van der Waals surface area contributed by atoms with Gasteiger partial charge in [-0.15, -0.1) is 0 Å². The van der Waals surface area contributed by atoms with Crippen LogP contribution in [0, 0.1) is 0 Å². The zero-order chi connectivity index (χ0) is 19.6. The van der Waals surface area contributed by atoms with Crippen molar-refractivity contribution in [2.24, 2.45) is 0 Å². The normalized spacial score (nSPS) is 18.5. The molecule has 0 radical (unpaired) electrons. The van der Waals surface area contributed by atoms with E-state index in [9.17, 15) is 4.79 Å². The quantitative estimate of drug-likeness (QED) is 0.655. The second kappa shape index (κ2) is 7.74. The lowest BCUT2D eigenvalue weighted by Crippen LogP contribution is -2.27. The molecule has 3 heterocycles. The van der Waals surface area contributed by atoms with Gasteiger partial charge in [0.1, 0.15) is 23.0 Å². The van der Waals surface area contributed by atoms with Crippen molar-refractivity contribution in [1.82, 2.24) is 14.5 Å². The average Bonchev–Trinajstić information content (AvgIpc) is 3.44. The highest BCUT2D eigenvalue weighted by Crippen LogP contribution is 2.31. The maximum Gasteiger partial charge on any atom is 0.274 e. The van der Waals surface area contributed by atoms with Gasteiger partial charge in [0.15, 0.2) is 0 Å². The molecular formula is C24H25N3O2. The highest BCUT2D eigenvalue weighted by molar-refractivity contribution is 5.92. The SMILES string of the molecule is O=C(c1cn2c(n1)CC[C@@H](c1ccc(Oc3ccccc3)cc1)C2)N1CCCC1. The number of imidazole rings is 1. The van der Waals surface area contributed by atoms with Gasteiger partial charge in [0.25, 0.3) is 5.91 Å². The number of hydrogen-bond acceptors (Lipinski definition) is 3. The molecule has 2 aliphatic rings. The van der Waals surface area contributed by atoms with Gasteiger partial charge in [-0.1, -0.05) is 30.3 Å². The molecule has 0 N–H and O–H groups in total. The molecule has 2 aromatic carbocycles. The van der Waals surface area contributed by atoms with Crippen LogP contribution in [0.2, 0.25) is 0 Å². The summed E-state index contributed by atoms with van der Waals surface area (Å²) in [7, 11) is 0. The number of hydrogen-bond donors (Lipinski definition) is 0. The molecule has 1 aromatic heterocycles. The predicted octanol–water partition coefficient (Wildman–Crippen LogP) is 4.64. The van der Waals surface area contributed by atoms with Crippen molar-refractivity contribution >= 4 is 5.91 Å². The summed E-state index contributed by atoms with van der Waals surface area (Å²) in [6.07, 6.45) is 6.11. The number of carbonyl (C=O) groups is 1. The number of rotatable bonds is 4. The van der Waals surface area contributed by atoms with Crippen molar-refractivity contribution < 1.29 is 9.53 Å². The fourth-order valence-electron chi connectivity index (χ4n) is 4.33. The van der Waals surface area contributed by atoms with E-state index in [1.54, 1.807) is 0 Å². The lowest BCUT2D eigenvalue weighted by Gasteiger charge is -2.24. The summed E-state index contributed by atoms with van der Waals surface area (Å²) in [5, 5.41) is 0. The largest absolute Gasteiger partial charge is 0.457 e. The topological polar surface area (TPSA) is 47.4 Å². The van der Waals surface area contributed by atoms with E-state index in [1.165, 1.54) is 5.56 Å². The number of aryl methyl sites for hydroxylation is 1. The molecule has 1 saturated heterocycles. The molecule has 0 unspecified atom stereocenters. The van der Waals surface area contributed by atoms with Crippen LogP contribution in [-0.4, -0.2) is 33.4 Å². The summed E-state index contributed by atoms with van der Waals surface area (Å²) in [4.78, 5) is 19.2. The van der Waals surface area contributed by atoms with Gasteiger partial charge in [-0.05, 0) is 49.1 Å². The van der Waals surface area contributed by atoms with Crippen molar-refractivity contribution in [3.63, 3.8) is 0 Å². The van der Waals surface area contributed by atoms with Gasteiger partial charge in [0.05, 0.1) is 0 Å². The van der Waals surface area contributed by atoms with Crippen LogP contribution < -0.4 is 4.74 Å². The Morgan fingerprint density at radius 2 is 1.69 bits per heavy atom. The molecule has 0 spiro atoms. The number of para-hydroxylation sites is 1. The number of aromatic nitrogens is 2. The average molecular weight is 387 g/mol. The first-order valence-electron chi connectivity index (χ1n) is 10.4. The molecule has 1 atom stereocenters. The molecule has 0 saturated carbocycles. The van der Waals surface area contributed by atoms with Crippen LogP contribution in [0.25, 0.3) is 0 Å². The van der Waals surface area contributed by atoms with Crippen LogP contribution in [0.15, 0.2) is 60.8 Å². The Bertz CT molecular complexity index is 989. The number of amides is 1. The van der Waals surface area contributed by atoms with Crippen LogP contribution in [-0.2, 0) is 13.0 Å². The third-order valence-corrected chi connectivity index (χ3v) is 5.94. The Labute approximate surface area is 170 Å². The molecule has 1 fully saturated rings. The molecule has 0 bridgehead atoms. The monoisotopic (exact) mass is 387 g/mol. The molecule has 29 heavy (non-hydrogen) atoms. The molecule has 148 valence electrons. The van der Waals surface area contributed by atoms with Crippen molar-refractivity contribution in [3.8, 4) is 11.5 Å². The van der Waals surface area contributed by atoms with Gasteiger partial charge >= 0.3 is 0 Å². The fourth-order valence-corrected chi connectivity index (χ4v) is 4.33. The second-order valence-electron chi connectivity index (χ2n) is 7.91. The van der Waals surface area contributed by atoms with E-state index in [1.807, 2.05) is 53.6 Å². The van der Waals surface area contributed by atoms with Gasteiger partial charge in [-0.3, -0.25) is 4.79 Å². The third kappa shape index (κ3) is 3.77. The van der Waals surface area contributed by atoms with Gasteiger partial charge < -0.3 is 14.2 Å². The number of benzene rings is 2. The van der Waals surface area contributed by atoms with E-state index in [0.29, 0.717) is 11.6 Å². The fraction of sp³-hybridized carbons (Fsp3) is 0.333. The Morgan fingerprint density at radius 3 is 2.45 bits per heavy atom. The molecule has 3 aromatic rings. The van der Waals surface area contributed by atoms with Crippen molar-refractivity contribution in [2.45, 2.75) is 38.1 Å². The number of nitrogens with zero attached hydrogens (tertiary/aromatic N) is 3. The van der Waals surface area contributed by atoms with Crippen LogP contribution in [0.4, 0.5) is 0 Å². The Balaban J connectivity index is 1.27. The van der Waals surface area contributed by atoms with Gasteiger partial charge in [-0.2, -0.15) is 0 Å². The number of likely N-dealkylation sites (tertiary alicyclic amines) is 1. The maximum atomic E-state index is 12.6. The van der Waals surface area contributed by atoms with E-state index in [4.69, 9.17) is 4.74 Å². The summed E-state index contributed by atoms with van der Waals surface area (Å²) in [6, 6.07) is 18.2. The minimum Gasteiger partial charge on any atom is -0.457 e. The van der Waals surface area contributed by atoms with Crippen molar-refractivity contribution in [2.75, 3.05) is 13.1 Å². The molecule has 5 heteroatoms. The second-order valence-corrected chi connectivity index (χ2v) is 7.91. The molecule has 1 amide bonds. The van der Waals surface area contributed by atoms with Crippen LogP contribution in [0.1, 0.15) is 47.1 Å². The van der Waals surface area contributed by atoms with Crippen molar-refractivity contribution in [3.05, 3.63) is 77.9 Å². The first kappa shape index (κ1) is 18.0. The van der Waals surface area contributed by atoms with Crippen LogP contribution in [0.5, 0.6) is 11.5 Å². The molecular weight excluding hydrogens is 362 g/mol. The number of carbonyl (C=O) groups excluding carboxylic acids is 1. The summed E-state index contributed by atoms with van der Waals surface area (Å²) in [5.74, 6) is 3.24. The minimum absolute atomic E-state index is 0.0864. The highest BCUT2D eigenvalue weighted by Gasteiger charge is 2.26. The van der Waals surface area contributed by atoms with Crippen LogP contribution in [0.3, 0.4) is 0 Å². The van der Waals surface area contributed by atoms with Gasteiger partial charge in [-0.25, -0.2) is 4.98 Å². The lowest BCUT2D eigenvalue weighted by molar-refractivity contribution is 0.0787. The summed E-state index contributed by atoms with van der Waals surface area (Å²) in [5.41, 5.74) is 1.91. The standard InChI is InChI=1S/C24H25N3O2/c28-24(26-14-4-5-15-26)22-17-27-16-19(10-13-23(27)25-22)18-8-11-21(12-9-18)29-20-6-2-1-3-7-20/h1-3,6-9,11-12,17,19H,4-5,10,13-16H2/t19-/m1/s1. The maximum absolute atomic E-state index is 12.6. The Morgan fingerprint density at radius 1 is 0.966 bits per heavy atom. The first-order valence-corrected chi connectivity index (χ1v) is 10.4. The molecule has 5 rings (SSSR count). The Kier molecular flexibility index (Phi) is 4.80. The summed E-state index contributed by atoms with van der Waals surface area (Å²) < 4.78 is 8.07. The van der Waals surface area contributed by atoms with E-state index in [-0.39, 0.29) is 5.91 Å². The molecule has 2 aliphatic heterocycles. The zero-order valence-corrected chi connectivity index (χ0v) is 16.5. The number of ether oxygens (including phenoxy) is 1. The number of fused-ring (bicyclic) bond motifs is 1. The van der Waals surface area contributed by atoms with E-state index < -0.39 is 0 Å². The molecule has 0 aliphatic carbocycles. The van der Waals surface area contributed by atoms with E-state index in [0.717, 1.165) is 62.6 Å². The zero-order valence-electron chi connectivity index (χ0n) is 16.5. The Hall–Kier alpha value is -3.08. The third-order valence-electron chi connectivity index (χ3n) is 5.94. The van der Waals surface area contributed by atoms with Crippen LogP contribution >= 0.6 is 0 Å². The van der Waals surface area contributed by atoms with E-state index >= 15 is 0 Å². The predicted molar refractivity (Wildman–Crippen MR) is 111 cm³/mol. The van der Waals surface area contributed by atoms with Gasteiger partial charge in [0, 0.05) is 38.2 Å². The lowest BCUT2D eigenvalue weighted by atomic mass is 9.91. The first-order chi connectivity index (χ1) is 14.3. The minimum atomic E-state index is 0.0864. The summed E-state index contributed by atoms with van der Waals surface area (Å²) >= 11 is 0. The smallest absolute Gasteiger partial charge is 0.274 e.